The maximum Gasteiger partial charge on any atom is 0.296 e. The van der Waals surface area contributed by atoms with E-state index in [-0.39, 0.29) is 16.1 Å². The van der Waals surface area contributed by atoms with Gasteiger partial charge in [0.25, 0.3) is 10.1 Å². The number of nitrogens with two attached hydrogens (primary N) is 1. The first-order valence-corrected chi connectivity index (χ1v) is 7.76. The lowest BCUT2D eigenvalue weighted by atomic mass is 10.2. The second-order valence-electron chi connectivity index (χ2n) is 4.24. The predicted molar refractivity (Wildman–Crippen MR) is 76.3 cm³/mol. The van der Waals surface area contributed by atoms with Crippen LogP contribution in [0.15, 0.2) is 35.2 Å². The van der Waals surface area contributed by atoms with E-state index in [1.807, 2.05) is 0 Å². The number of nitrogens with one attached hydrogen (secondary N) is 1. The molecule has 1 aliphatic heterocycles. The fraction of sp³-hybridized carbons (Fsp3) is 0. The third-order valence-corrected chi connectivity index (χ3v) is 4.70. The fourth-order valence-electron chi connectivity index (χ4n) is 1.91. The molecule has 1 aromatic rings. The van der Waals surface area contributed by atoms with Gasteiger partial charge in [-0.15, -0.1) is 11.3 Å². The van der Waals surface area contributed by atoms with Crippen molar-refractivity contribution in [3.8, 4) is 10.6 Å². The molecule has 20 heavy (non-hydrogen) atoms. The van der Waals surface area contributed by atoms with Gasteiger partial charge in [0, 0.05) is 5.69 Å². The zero-order valence-electron chi connectivity index (χ0n) is 9.99. The summed E-state index contributed by atoms with van der Waals surface area (Å²) in [5.41, 5.74) is 6.63. The van der Waals surface area contributed by atoms with Crippen LogP contribution in [0.1, 0.15) is 0 Å². The number of hydrogen-bond donors (Lipinski definition) is 3. The minimum atomic E-state index is -4.40. The average Bonchev–Trinajstić information content (AvgIpc) is 2.34. The van der Waals surface area contributed by atoms with Crippen LogP contribution in [0.2, 0.25) is 0 Å². The summed E-state index contributed by atoms with van der Waals surface area (Å²) in [5.74, 6) is 0. The molecule has 1 aromatic carbocycles. The Morgan fingerprint density at radius 3 is 2.70 bits per heavy atom. The summed E-state index contributed by atoms with van der Waals surface area (Å²) >= 11 is 1.27. The number of benzene rings is 2. The van der Waals surface area contributed by atoms with Gasteiger partial charge in [-0.3, -0.25) is 4.55 Å². The van der Waals surface area contributed by atoms with E-state index in [1.54, 1.807) is 24.3 Å². The third-order valence-electron chi connectivity index (χ3n) is 2.75. The van der Waals surface area contributed by atoms with Crippen molar-refractivity contribution in [2.24, 2.45) is 0 Å². The molecular formula is C12H9N3O3S2. The van der Waals surface area contributed by atoms with Gasteiger partial charge in [0.2, 0.25) is 0 Å². The Kier molecular flexibility index (Phi) is 2.75. The number of anilines is 1. The van der Waals surface area contributed by atoms with Gasteiger partial charge in [-0.05, 0) is 30.3 Å². The summed E-state index contributed by atoms with van der Waals surface area (Å²) in [7, 11) is -4.40. The Hall–Kier alpha value is -2.03. The van der Waals surface area contributed by atoms with Crippen LogP contribution in [-0.4, -0.2) is 18.0 Å². The number of hydrogen-bond acceptors (Lipinski definition) is 6. The molecule has 0 unspecified atom stereocenters. The Morgan fingerprint density at radius 1 is 1.25 bits per heavy atom. The number of aromatic nitrogens is 1. The Morgan fingerprint density at radius 2 is 2.00 bits per heavy atom. The second-order valence-corrected chi connectivity index (χ2v) is 6.71. The maximum atomic E-state index is 11.4. The summed E-state index contributed by atoms with van der Waals surface area (Å²) in [6.07, 6.45) is 0. The first-order valence-electron chi connectivity index (χ1n) is 5.51. The van der Waals surface area contributed by atoms with E-state index in [4.69, 9.17) is 11.1 Å². The van der Waals surface area contributed by atoms with Crippen molar-refractivity contribution in [3.05, 3.63) is 35.7 Å². The fourth-order valence-corrected chi connectivity index (χ4v) is 3.75. The van der Waals surface area contributed by atoms with Crippen LogP contribution in [0, 0.1) is 5.41 Å². The molecule has 0 atom stereocenters. The normalized spacial score (nSPS) is 12.1. The molecule has 0 bridgehead atoms. The molecule has 0 spiro atoms. The van der Waals surface area contributed by atoms with Gasteiger partial charge in [0.05, 0.1) is 20.6 Å². The van der Waals surface area contributed by atoms with Crippen LogP contribution < -0.4 is 11.1 Å². The molecule has 4 N–H and O–H groups in total. The minimum absolute atomic E-state index is 0.178. The van der Waals surface area contributed by atoms with E-state index in [1.165, 1.54) is 17.4 Å². The van der Waals surface area contributed by atoms with Crippen LogP contribution in [0.3, 0.4) is 0 Å². The highest BCUT2D eigenvalue weighted by atomic mass is 32.2. The Balaban J connectivity index is 2.53. The molecule has 0 saturated carbocycles. The van der Waals surface area contributed by atoms with Gasteiger partial charge in [-0.25, -0.2) is 4.98 Å². The monoisotopic (exact) mass is 307 g/mol. The predicted octanol–water partition coefficient (Wildman–Crippen LogP) is 1.71. The van der Waals surface area contributed by atoms with Gasteiger partial charge in [0.1, 0.15) is 10.4 Å². The molecule has 0 saturated heterocycles. The molecule has 8 heteroatoms. The van der Waals surface area contributed by atoms with E-state index >= 15 is 0 Å². The van der Waals surface area contributed by atoms with Crippen molar-refractivity contribution >= 4 is 37.4 Å². The third kappa shape index (κ3) is 2.13. The highest BCUT2D eigenvalue weighted by Crippen LogP contribution is 2.34. The lowest BCUT2D eigenvalue weighted by Crippen LogP contribution is -2.03. The lowest BCUT2D eigenvalue weighted by molar-refractivity contribution is 0.484. The zero-order chi connectivity index (χ0) is 14.5. The van der Waals surface area contributed by atoms with Crippen molar-refractivity contribution in [1.29, 1.82) is 5.41 Å². The SMILES string of the molecule is N=c1ccc2nc3c(S(=O)(=O)O)cc(N)cc3sc-2c1. The average molecular weight is 307 g/mol. The molecule has 0 aromatic heterocycles. The molecule has 2 aliphatic rings. The van der Waals surface area contributed by atoms with Gasteiger partial charge in [-0.2, -0.15) is 8.42 Å². The van der Waals surface area contributed by atoms with Gasteiger partial charge >= 0.3 is 0 Å². The van der Waals surface area contributed by atoms with Crippen molar-refractivity contribution < 1.29 is 13.0 Å². The van der Waals surface area contributed by atoms with Crippen LogP contribution in [0.25, 0.3) is 20.8 Å². The summed E-state index contributed by atoms with van der Waals surface area (Å²) < 4.78 is 32.7. The summed E-state index contributed by atoms with van der Waals surface area (Å²) in [6.45, 7) is 0. The molecule has 0 radical (unpaired) electrons. The van der Waals surface area contributed by atoms with E-state index in [9.17, 15) is 13.0 Å². The molecule has 3 rings (SSSR count). The summed E-state index contributed by atoms with van der Waals surface area (Å²) in [6, 6.07) is 7.62. The highest BCUT2D eigenvalue weighted by Gasteiger charge is 2.18. The first-order chi connectivity index (χ1) is 9.34. The minimum Gasteiger partial charge on any atom is -0.399 e. The maximum absolute atomic E-state index is 11.4. The summed E-state index contributed by atoms with van der Waals surface area (Å²) in [5, 5.41) is 7.93. The summed E-state index contributed by atoms with van der Waals surface area (Å²) in [4.78, 5) is 4.70. The van der Waals surface area contributed by atoms with Crippen molar-refractivity contribution in [1.82, 2.24) is 4.98 Å². The van der Waals surface area contributed by atoms with Gasteiger partial charge in [-0.1, -0.05) is 0 Å². The van der Waals surface area contributed by atoms with Crippen molar-refractivity contribution in [2.45, 2.75) is 4.90 Å². The van der Waals surface area contributed by atoms with E-state index in [0.717, 1.165) is 4.88 Å². The van der Waals surface area contributed by atoms with Crippen molar-refractivity contribution in [3.63, 3.8) is 0 Å². The van der Waals surface area contributed by atoms with Gasteiger partial charge < -0.3 is 11.1 Å². The number of rotatable bonds is 1. The highest BCUT2D eigenvalue weighted by molar-refractivity contribution is 7.86. The number of fused-ring (bicyclic) bond motifs is 2. The van der Waals surface area contributed by atoms with Crippen LogP contribution in [0.4, 0.5) is 5.69 Å². The molecule has 6 nitrogen and oxygen atoms in total. The van der Waals surface area contributed by atoms with Crippen LogP contribution >= 0.6 is 11.3 Å². The molecule has 0 amide bonds. The standard InChI is InChI=1S/C12H9N3O3S2/c13-6-1-2-8-9(3-6)19-10-4-7(14)5-11(12(10)15-8)20(16,17)18/h1-5,13H,14H2,(H,16,17,18). The lowest BCUT2D eigenvalue weighted by Gasteiger charge is -2.09. The molecule has 102 valence electrons. The van der Waals surface area contributed by atoms with Crippen molar-refractivity contribution in [2.75, 3.05) is 5.73 Å². The molecular weight excluding hydrogens is 298 g/mol. The number of nitrogens with zero attached hydrogens (tertiary/aromatic N) is 1. The van der Waals surface area contributed by atoms with E-state index in [0.29, 0.717) is 15.8 Å². The zero-order valence-corrected chi connectivity index (χ0v) is 11.6. The smallest absolute Gasteiger partial charge is 0.296 e. The Labute approximate surface area is 118 Å². The molecule has 0 fully saturated rings. The largest absolute Gasteiger partial charge is 0.399 e. The number of nitrogen functional groups attached to an aromatic ring is 1. The quantitative estimate of drug-likeness (QED) is 0.359. The molecule has 1 heterocycles. The second kappa shape index (κ2) is 4.23. The van der Waals surface area contributed by atoms with Crippen LogP contribution in [-0.2, 0) is 10.1 Å². The van der Waals surface area contributed by atoms with E-state index < -0.39 is 10.1 Å². The first kappa shape index (κ1) is 13.0. The topological polar surface area (TPSA) is 117 Å². The van der Waals surface area contributed by atoms with Crippen LogP contribution in [0.5, 0.6) is 0 Å². The van der Waals surface area contributed by atoms with Gasteiger partial charge in [0.15, 0.2) is 0 Å². The Bertz CT molecular complexity index is 963. The van der Waals surface area contributed by atoms with E-state index in [2.05, 4.69) is 4.98 Å². The molecule has 1 aliphatic carbocycles.